The van der Waals surface area contributed by atoms with Gasteiger partial charge in [0.1, 0.15) is 0 Å². The largest absolute Gasteiger partial charge is 0.429 e. The molecule has 132 valence electrons. The molecule has 0 amide bonds. The smallest absolute Gasteiger partial charge is 0.400 e. The van der Waals surface area contributed by atoms with Gasteiger partial charge >= 0.3 is 6.11 Å². The first kappa shape index (κ1) is 17.6. The minimum atomic E-state index is -3.39. The van der Waals surface area contributed by atoms with Gasteiger partial charge < -0.3 is 4.74 Å². The highest BCUT2D eigenvalue weighted by Crippen LogP contribution is 2.41. The summed E-state index contributed by atoms with van der Waals surface area (Å²) in [6.45, 7) is 7.38. The van der Waals surface area contributed by atoms with E-state index in [4.69, 9.17) is 4.74 Å². The zero-order valence-corrected chi connectivity index (χ0v) is 14.0. The number of alkyl halides is 2. The molecule has 2 aromatic carbocycles. The quantitative estimate of drug-likeness (QED) is 0.555. The van der Waals surface area contributed by atoms with Gasteiger partial charge in [-0.15, -0.1) is 6.58 Å². The van der Waals surface area contributed by atoms with Crippen molar-refractivity contribution in [3.05, 3.63) is 60.9 Å². The molecule has 0 saturated heterocycles. The van der Waals surface area contributed by atoms with Crippen LogP contribution in [0.25, 0.3) is 16.8 Å². The molecule has 25 heavy (non-hydrogen) atoms. The zero-order chi connectivity index (χ0) is 18.0. The molecule has 4 heteroatoms. The molecule has 0 N–H and O–H groups in total. The fourth-order valence-electron chi connectivity index (χ4n) is 3.39. The van der Waals surface area contributed by atoms with E-state index in [-0.39, 0.29) is 5.92 Å². The monoisotopic (exact) mass is 346 g/mol. The van der Waals surface area contributed by atoms with Gasteiger partial charge in [0, 0.05) is 0 Å². The Balaban J connectivity index is 1.82. The third-order valence-electron chi connectivity index (χ3n) is 4.98. The lowest BCUT2D eigenvalue weighted by Crippen LogP contribution is -2.37. The Kier molecular flexibility index (Phi) is 4.89. The second-order valence-corrected chi connectivity index (χ2v) is 6.60. The zero-order valence-electron chi connectivity index (χ0n) is 14.0. The maximum atomic E-state index is 14.5. The summed E-state index contributed by atoms with van der Waals surface area (Å²) < 4.78 is 48.1. The van der Waals surface area contributed by atoms with Crippen molar-refractivity contribution in [2.75, 3.05) is 0 Å². The fourth-order valence-corrected chi connectivity index (χ4v) is 3.39. The van der Waals surface area contributed by atoms with E-state index < -0.39 is 23.6 Å². The highest BCUT2D eigenvalue weighted by molar-refractivity contribution is 5.86. The Hall–Kier alpha value is -2.23. The predicted molar refractivity (Wildman–Crippen MR) is 95.2 cm³/mol. The van der Waals surface area contributed by atoms with Crippen LogP contribution in [-0.2, 0) is 0 Å². The molecule has 0 atom stereocenters. The number of halogens is 3. The molecule has 1 saturated carbocycles. The minimum absolute atomic E-state index is 0.281. The van der Waals surface area contributed by atoms with Crippen molar-refractivity contribution >= 4 is 16.8 Å². The standard InChI is InChI=1S/C21H21F3O/c1-3-14-6-9-18(10-7-14)21(23,24)25-20-13-16-8-5-15(4-2)11-17(16)12-19(20)22/h3-5,8,11-14,18H,1-2,6-7,9-10H2. The summed E-state index contributed by atoms with van der Waals surface area (Å²) in [6, 6.07) is 7.85. The van der Waals surface area contributed by atoms with E-state index in [1.807, 2.05) is 6.08 Å². The van der Waals surface area contributed by atoms with Crippen molar-refractivity contribution in [1.82, 2.24) is 0 Å². The molecule has 0 aromatic heterocycles. The number of allylic oxidation sites excluding steroid dienone is 1. The maximum Gasteiger partial charge on any atom is 0.400 e. The van der Waals surface area contributed by atoms with E-state index in [0.717, 1.165) is 5.56 Å². The summed E-state index contributed by atoms with van der Waals surface area (Å²) in [7, 11) is 0. The number of hydrogen-bond acceptors (Lipinski definition) is 1. The average Bonchev–Trinajstić information content (AvgIpc) is 2.61. The van der Waals surface area contributed by atoms with E-state index in [2.05, 4.69) is 13.2 Å². The molecule has 0 spiro atoms. The summed E-state index contributed by atoms with van der Waals surface area (Å²) in [6.07, 6.45) is 2.10. The third kappa shape index (κ3) is 3.73. The number of hydrogen-bond donors (Lipinski definition) is 0. The topological polar surface area (TPSA) is 9.23 Å². The summed E-state index contributed by atoms with van der Waals surface area (Å²) in [5, 5.41) is 1.27. The number of rotatable bonds is 5. The summed E-state index contributed by atoms with van der Waals surface area (Å²) in [4.78, 5) is 0. The second-order valence-electron chi connectivity index (χ2n) is 6.60. The van der Waals surface area contributed by atoms with E-state index >= 15 is 0 Å². The lowest BCUT2D eigenvalue weighted by molar-refractivity contribution is -0.224. The lowest BCUT2D eigenvalue weighted by atomic mass is 9.81. The summed E-state index contributed by atoms with van der Waals surface area (Å²) in [5.41, 5.74) is 0.838. The van der Waals surface area contributed by atoms with Crippen molar-refractivity contribution < 1.29 is 17.9 Å². The fraction of sp³-hybridized carbons (Fsp3) is 0.333. The maximum absolute atomic E-state index is 14.5. The average molecular weight is 346 g/mol. The summed E-state index contributed by atoms with van der Waals surface area (Å²) >= 11 is 0. The van der Waals surface area contributed by atoms with E-state index in [9.17, 15) is 13.2 Å². The highest BCUT2D eigenvalue weighted by atomic mass is 19.3. The first-order chi connectivity index (χ1) is 11.9. The van der Waals surface area contributed by atoms with Crippen LogP contribution < -0.4 is 4.74 Å². The molecule has 1 fully saturated rings. The molecule has 1 aliphatic carbocycles. The van der Waals surface area contributed by atoms with Crippen molar-refractivity contribution in [2.24, 2.45) is 11.8 Å². The first-order valence-electron chi connectivity index (χ1n) is 8.48. The van der Waals surface area contributed by atoms with Crippen LogP contribution in [0.1, 0.15) is 31.2 Å². The molecule has 0 radical (unpaired) electrons. The van der Waals surface area contributed by atoms with E-state index in [1.165, 1.54) is 12.1 Å². The molecule has 2 aromatic rings. The highest BCUT2D eigenvalue weighted by Gasteiger charge is 2.44. The van der Waals surface area contributed by atoms with Gasteiger partial charge in [-0.2, -0.15) is 8.78 Å². The van der Waals surface area contributed by atoms with Crippen LogP contribution in [0.4, 0.5) is 13.2 Å². The number of benzene rings is 2. The second kappa shape index (κ2) is 6.95. The van der Waals surface area contributed by atoms with Crippen LogP contribution in [0, 0.1) is 17.7 Å². The lowest BCUT2D eigenvalue weighted by Gasteiger charge is -2.32. The first-order valence-corrected chi connectivity index (χ1v) is 8.48. The van der Waals surface area contributed by atoms with Gasteiger partial charge in [-0.1, -0.05) is 30.9 Å². The van der Waals surface area contributed by atoms with Gasteiger partial charge in [0.25, 0.3) is 0 Å². The molecule has 1 aliphatic rings. The molecule has 1 nitrogen and oxygen atoms in total. The minimum Gasteiger partial charge on any atom is -0.429 e. The molecule has 0 bridgehead atoms. The van der Waals surface area contributed by atoms with Crippen molar-refractivity contribution in [3.63, 3.8) is 0 Å². The Bertz CT molecular complexity index is 789. The molecule has 0 heterocycles. The van der Waals surface area contributed by atoms with Crippen molar-refractivity contribution in [1.29, 1.82) is 0 Å². The normalized spacial score (nSPS) is 21.1. The Morgan fingerprint density at radius 3 is 2.36 bits per heavy atom. The van der Waals surface area contributed by atoms with E-state index in [0.29, 0.717) is 36.5 Å². The molecule has 0 aliphatic heterocycles. The van der Waals surface area contributed by atoms with Gasteiger partial charge in [0.05, 0.1) is 5.92 Å². The Morgan fingerprint density at radius 2 is 1.72 bits per heavy atom. The van der Waals surface area contributed by atoms with Crippen molar-refractivity contribution in [3.8, 4) is 5.75 Å². The SMILES string of the molecule is C=Cc1ccc2cc(OC(F)(F)C3CCC(C=C)CC3)c(F)cc2c1. The third-order valence-corrected chi connectivity index (χ3v) is 4.98. The molecular formula is C21H21F3O. The Labute approximate surface area is 145 Å². The van der Waals surface area contributed by atoms with Crippen LogP contribution in [0.3, 0.4) is 0 Å². The van der Waals surface area contributed by atoms with Crippen LogP contribution in [0.5, 0.6) is 5.75 Å². The van der Waals surface area contributed by atoms with Gasteiger partial charge in [0.15, 0.2) is 11.6 Å². The number of fused-ring (bicyclic) bond motifs is 1. The predicted octanol–water partition coefficient (Wildman–Crippen LogP) is 6.59. The molecular weight excluding hydrogens is 325 g/mol. The van der Waals surface area contributed by atoms with Crippen LogP contribution in [0.2, 0.25) is 0 Å². The van der Waals surface area contributed by atoms with Gasteiger partial charge in [0.2, 0.25) is 0 Å². The number of ether oxygens (including phenoxy) is 1. The van der Waals surface area contributed by atoms with Crippen LogP contribution >= 0.6 is 0 Å². The van der Waals surface area contributed by atoms with Gasteiger partial charge in [-0.25, -0.2) is 4.39 Å². The van der Waals surface area contributed by atoms with Crippen LogP contribution in [0.15, 0.2) is 49.6 Å². The Morgan fingerprint density at radius 1 is 1.00 bits per heavy atom. The van der Waals surface area contributed by atoms with Crippen LogP contribution in [-0.4, -0.2) is 6.11 Å². The summed E-state index contributed by atoms with van der Waals surface area (Å²) in [5.74, 6) is -1.81. The van der Waals surface area contributed by atoms with Gasteiger partial charge in [-0.05, 0) is 66.1 Å². The molecule has 0 unspecified atom stereocenters. The molecule has 3 rings (SSSR count). The van der Waals surface area contributed by atoms with Gasteiger partial charge in [-0.3, -0.25) is 0 Å². The van der Waals surface area contributed by atoms with E-state index in [1.54, 1.807) is 24.3 Å². The van der Waals surface area contributed by atoms with Crippen molar-refractivity contribution in [2.45, 2.75) is 31.8 Å².